The quantitative estimate of drug-likeness (QED) is 0.794. The van der Waals surface area contributed by atoms with E-state index >= 15 is 0 Å². The first kappa shape index (κ1) is 11.9. The van der Waals surface area contributed by atoms with Crippen molar-refractivity contribution in [2.75, 3.05) is 0 Å². The van der Waals surface area contributed by atoms with Crippen LogP contribution in [0.5, 0.6) is 0 Å². The maximum absolute atomic E-state index is 12.4. The molecule has 1 aromatic carbocycles. The Bertz CT molecular complexity index is 619. The molecule has 0 amide bonds. The number of benzene rings is 1. The van der Waals surface area contributed by atoms with E-state index in [-0.39, 0.29) is 5.78 Å². The minimum absolute atomic E-state index is 0.0818. The van der Waals surface area contributed by atoms with E-state index in [1.54, 1.807) is 18.2 Å². The molecule has 0 radical (unpaired) electrons. The second-order valence-electron chi connectivity index (χ2n) is 4.33. The first-order chi connectivity index (χ1) is 8.66. The van der Waals surface area contributed by atoms with Gasteiger partial charge in [-0.15, -0.1) is 0 Å². The Labute approximate surface area is 117 Å². The number of hydrogen-bond acceptors (Lipinski definition) is 3. The van der Waals surface area contributed by atoms with Gasteiger partial charge in [0.2, 0.25) is 0 Å². The molecule has 18 heavy (non-hydrogen) atoms. The number of nitrogens with zero attached hydrogens (tertiary/aromatic N) is 1. The molecule has 0 spiro atoms. The average molecular weight is 327 g/mol. The largest absolute Gasteiger partial charge is 0.360 e. The lowest BCUT2D eigenvalue weighted by Gasteiger charge is -2.03. The van der Waals surface area contributed by atoms with Crippen molar-refractivity contribution in [3.05, 3.63) is 50.8 Å². The summed E-state index contributed by atoms with van der Waals surface area (Å²) < 4.78 is 5.87. The molecule has 1 heterocycles. The zero-order chi connectivity index (χ0) is 12.7. The van der Waals surface area contributed by atoms with E-state index in [0.717, 1.165) is 12.8 Å². The SMILES string of the molecule is O=C(c1ccc(Cl)cc1Br)c1cnoc1C1CC1. The van der Waals surface area contributed by atoms with Crippen molar-refractivity contribution in [3.8, 4) is 0 Å². The fourth-order valence-corrected chi connectivity index (χ4v) is 2.74. The molecule has 1 aliphatic carbocycles. The van der Waals surface area contributed by atoms with Gasteiger partial charge in [-0.3, -0.25) is 4.79 Å². The molecule has 0 saturated heterocycles. The van der Waals surface area contributed by atoms with Crippen LogP contribution in [0.1, 0.15) is 40.4 Å². The highest BCUT2D eigenvalue weighted by molar-refractivity contribution is 9.10. The van der Waals surface area contributed by atoms with E-state index in [1.807, 2.05) is 0 Å². The van der Waals surface area contributed by atoms with E-state index in [9.17, 15) is 4.79 Å². The predicted molar refractivity (Wildman–Crippen MR) is 71.1 cm³/mol. The Kier molecular flexibility index (Phi) is 2.99. The molecule has 0 bridgehead atoms. The Balaban J connectivity index is 2.00. The zero-order valence-electron chi connectivity index (χ0n) is 9.32. The fraction of sp³-hybridized carbons (Fsp3) is 0.231. The van der Waals surface area contributed by atoms with Crippen LogP contribution < -0.4 is 0 Å². The van der Waals surface area contributed by atoms with E-state index in [1.165, 1.54) is 6.20 Å². The molecule has 0 unspecified atom stereocenters. The molecule has 1 saturated carbocycles. The first-order valence-electron chi connectivity index (χ1n) is 5.61. The Morgan fingerprint density at radius 1 is 1.39 bits per heavy atom. The number of halogens is 2. The van der Waals surface area contributed by atoms with Crippen LogP contribution in [0.25, 0.3) is 0 Å². The standard InChI is InChI=1S/C13H9BrClNO2/c14-11-5-8(15)3-4-9(11)12(17)10-6-16-18-13(10)7-1-2-7/h3-7H,1-2H2. The molecule has 1 aromatic heterocycles. The van der Waals surface area contributed by atoms with Crippen molar-refractivity contribution in [3.63, 3.8) is 0 Å². The summed E-state index contributed by atoms with van der Waals surface area (Å²) in [4.78, 5) is 12.4. The lowest BCUT2D eigenvalue weighted by Crippen LogP contribution is -2.03. The van der Waals surface area contributed by atoms with Crippen molar-refractivity contribution >= 4 is 33.3 Å². The number of carbonyl (C=O) groups excluding carboxylic acids is 1. The molecule has 3 nitrogen and oxygen atoms in total. The van der Waals surface area contributed by atoms with E-state index in [4.69, 9.17) is 16.1 Å². The fourth-order valence-electron chi connectivity index (χ4n) is 1.88. The summed E-state index contributed by atoms with van der Waals surface area (Å²) in [5, 5.41) is 4.33. The van der Waals surface area contributed by atoms with Gasteiger partial charge in [0.15, 0.2) is 11.5 Å². The highest BCUT2D eigenvalue weighted by Gasteiger charge is 2.33. The van der Waals surface area contributed by atoms with Crippen LogP contribution in [-0.2, 0) is 0 Å². The maximum Gasteiger partial charge on any atom is 0.199 e. The number of rotatable bonds is 3. The molecular weight excluding hydrogens is 318 g/mol. The normalized spacial score (nSPS) is 14.8. The van der Waals surface area contributed by atoms with Crippen LogP contribution in [0, 0.1) is 0 Å². The van der Waals surface area contributed by atoms with Gasteiger partial charge in [-0.25, -0.2) is 0 Å². The van der Waals surface area contributed by atoms with Crippen molar-refractivity contribution < 1.29 is 9.32 Å². The Morgan fingerprint density at radius 3 is 2.83 bits per heavy atom. The highest BCUT2D eigenvalue weighted by Crippen LogP contribution is 2.42. The van der Waals surface area contributed by atoms with Crippen LogP contribution >= 0.6 is 27.5 Å². The Morgan fingerprint density at radius 2 is 2.17 bits per heavy atom. The van der Waals surface area contributed by atoms with Crippen LogP contribution in [-0.4, -0.2) is 10.9 Å². The number of carbonyl (C=O) groups is 1. The van der Waals surface area contributed by atoms with Gasteiger partial charge in [0.25, 0.3) is 0 Å². The summed E-state index contributed by atoms with van der Waals surface area (Å²) in [6.07, 6.45) is 3.63. The lowest BCUT2D eigenvalue weighted by atomic mass is 10.0. The van der Waals surface area contributed by atoms with Gasteiger partial charge >= 0.3 is 0 Å². The average Bonchev–Trinajstić information content (AvgIpc) is 3.06. The monoisotopic (exact) mass is 325 g/mol. The van der Waals surface area contributed by atoms with Gasteiger partial charge in [0.1, 0.15) is 0 Å². The second kappa shape index (κ2) is 4.52. The third-order valence-corrected chi connectivity index (χ3v) is 3.86. The zero-order valence-corrected chi connectivity index (χ0v) is 11.7. The third kappa shape index (κ3) is 2.10. The number of aromatic nitrogens is 1. The number of ketones is 1. The van der Waals surface area contributed by atoms with Crippen LogP contribution in [0.4, 0.5) is 0 Å². The summed E-state index contributed by atoms with van der Waals surface area (Å²) in [6, 6.07) is 5.11. The maximum atomic E-state index is 12.4. The molecule has 0 N–H and O–H groups in total. The summed E-state index contributed by atoms with van der Waals surface area (Å²) in [5.74, 6) is 0.987. The lowest BCUT2D eigenvalue weighted by molar-refractivity contribution is 0.103. The number of hydrogen-bond donors (Lipinski definition) is 0. The predicted octanol–water partition coefficient (Wildman–Crippen LogP) is 4.20. The molecule has 3 rings (SSSR count). The van der Waals surface area contributed by atoms with Gasteiger partial charge < -0.3 is 4.52 Å². The molecule has 0 aliphatic heterocycles. The topological polar surface area (TPSA) is 43.1 Å². The summed E-state index contributed by atoms with van der Waals surface area (Å²) >= 11 is 9.22. The van der Waals surface area contributed by atoms with Crippen molar-refractivity contribution in [2.45, 2.75) is 18.8 Å². The molecule has 1 aliphatic rings. The van der Waals surface area contributed by atoms with E-state index in [0.29, 0.717) is 32.3 Å². The molecule has 2 aromatic rings. The van der Waals surface area contributed by atoms with Gasteiger partial charge in [-0.1, -0.05) is 16.8 Å². The van der Waals surface area contributed by atoms with Crippen molar-refractivity contribution in [2.24, 2.45) is 0 Å². The molecule has 1 fully saturated rings. The summed E-state index contributed by atoms with van der Waals surface area (Å²) in [6.45, 7) is 0. The van der Waals surface area contributed by atoms with E-state index < -0.39 is 0 Å². The highest BCUT2D eigenvalue weighted by atomic mass is 79.9. The molecule has 92 valence electrons. The smallest absolute Gasteiger partial charge is 0.199 e. The van der Waals surface area contributed by atoms with Crippen LogP contribution in [0.2, 0.25) is 5.02 Å². The van der Waals surface area contributed by atoms with E-state index in [2.05, 4.69) is 21.1 Å². The Hall–Kier alpha value is -1.13. The molecular formula is C13H9BrClNO2. The van der Waals surface area contributed by atoms with Crippen LogP contribution in [0.3, 0.4) is 0 Å². The van der Waals surface area contributed by atoms with Crippen molar-refractivity contribution in [1.29, 1.82) is 0 Å². The molecule has 0 atom stereocenters. The third-order valence-electron chi connectivity index (χ3n) is 2.97. The van der Waals surface area contributed by atoms with Gasteiger partial charge in [0.05, 0.1) is 11.8 Å². The minimum Gasteiger partial charge on any atom is -0.360 e. The van der Waals surface area contributed by atoms with Gasteiger partial charge in [-0.05, 0) is 47.0 Å². The van der Waals surface area contributed by atoms with Crippen LogP contribution in [0.15, 0.2) is 33.4 Å². The molecule has 5 heteroatoms. The second-order valence-corrected chi connectivity index (χ2v) is 5.62. The van der Waals surface area contributed by atoms with Crippen molar-refractivity contribution in [1.82, 2.24) is 5.16 Å². The summed E-state index contributed by atoms with van der Waals surface area (Å²) in [5.41, 5.74) is 1.13. The minimum atomic E-state index is -0.0818. The first-order valence-corrected chi connectivity index (χ1v) is 6.78. The van der Waals surface area contributed by atoms with Gasteiger partial charge in [0, 0.05) is 21.0 Å². The summed E-state index contributed by atoms with van der Waals surface area (Å²) in [7, 11) is 0. The van der Waals surface area contributed by atoms with Gasteiger partial charge in [-0.2, -0.15) is 0 Å².